The lowest BCUT2D eigenvalue weighted by Gasteiger charge is -2.09. The van der Waals surface area contributed by atoms with Gasteiger partial charge < -0.3 is 11.1 Å². The lowest BCUT2D eigenvalue weighted by atomic mass is 10.1. The van der Waals surface area contributed by atoms with E-state index in [1.807, 2.05) is 19.9 Å². The van der Waals surface area contributed by atoms with Crippen molar-refractivity contribution in [3.05, 3.63) is 23.4 Å². The van der Waals surface area contributed by atoms with Crippen molar-refractivity contribution >= 4 is 11.7 Å². The van der Waals surface area contributed by atoms with Crippen molar-refractivity contribution in [3.8, 4) is 0 Å². The zero-order valence-electron chi connectivity index (χ0n) is 11.9. The second-order valence-electron chi connectivity index (χ2n) is 5.72. The van der Waals surface area contributed by atoms with E-state index in [4.69, 9.17) is 5.73 Å². The van der Waals surface area contributed by atoms with E-state index in [1.165, 1.54) is 12.8 Å². The fraction of sp³-hybridized carbons (Fsp3) is 0.600. The van der Waals surface area contributed by atoms with Crippen LogP contribution in [0.2, 0.25) is 0 Å². The number of hydrogen-bond acceptors (Lipinski definition) is 3. The Kier molecular flexibility index (Phi) is 4.08. The van der Waals surface area contributed by atoms with Crippen molar-refractivity contribution in [1.82, 2.24) is 10.3 Å². The number of carbonyl (C=O) groups excluding carboxylic acids is 1. The number of carbonyl (C=O) groups is 1. The summed E-state index contributed by atoms with van der Waals surface area (Å²) in [5, 5.41) is 3.08. The number of nitrogens with two attached hydrogens (primary N) is 1. The molecule has 1 heterocycles. The van der Waals surface area contributed by atoms with Crippen LogP contribution < -0.4 is 11.1 Å². The van der Waals surface area contributed by atoms with Gasteiger partial charge in [-0.15, -0.1) is 0 Å². The molecule has 4 nitrogen and oxygen atoms in total. The van der Waals surface area contributed by atoms with E-state index in [0.717, 1.165) is 12.1 Å². The van der Waals surface area contributed by atoms with Crippen LogP contribution in [0.15, 0.2) is 12.1 Å². The summed E-state index contributed by atoms with van der Waals surface area (Å²) >= 11 is 0. The Hall–Kier alpha value is -1.58. The molecule has 2 atom stereocenters. The summed E-state index contributed by atoms with van der Waals surface area (Å²) in [7, 11) is 0. The van der Waals surface area contributed by atoms with Crippen LogP contribution in [0.5, 0.6) is 0 Å². The third-order valence-electron chi connectivity index (χ3n) is 3.62. The molecule has 3 N–H and O–H groups in total. The van der Waals surface area contributed by atoms with Gasteiger partial charge in [0.2, 0.25) is 0 Å². The molecule has 19 heavy (non-hydrogen) atoms. The third kappa shape index (κ3) is 3.46. The lowest BCUT2D eigenvalue weighted by molar-refractivity contribution is 0.0948. The third-order valence-corrected chi connectivity index (χ3v) is 3.62. The second kappa shape index (κ2) is 5.59. The van der Waals surface area contributed by atoms with Crippen molar-refractivity contribution in [2.24, 2.45) is 5.92 Å². The topological polar surface area (TPSA) is 68.0 Å². The first-order valence-electron chi connectivity index (χ1n) is 7.09. The predicted molar refractivity (Wildman–Crippen MR) is 77.0 cm³/mol. The number of hydrogen-bond donors (Lipinski definition) is 2. The average Bonchev–Trinajstić information content (AvgIpc) is 3.06. The summed E-state index contributed by atoms with van der Waals surface area (Å²) in [6.45, 7) is 6.26. The summed E-state index contributed by atoms with van der Waals surface area (Å²) in [5.41, 5.74) is 7.26. The first-order valence-corrected chi connectivity index (χ1v) is 7.09. The Balaban J connectivity index is 2.03. The van der Waals surface area contributed by atoms with Crippen molar-refractivity contribution < 1.29 is 4.79 Å². The van der Waals surface area contributed by atoms with Gasteiger partial charge in [-0.3, -0.25) is 4.79 Å². The minimum atomic E-state index is -0.0281. The van der Waals surface area contributed by atoms with Gasteiger partial charge in [-0.25, -0.2) is 4.98 Å². The maximum absolute atomic E-state index is 12.2. The van der Waals surface area contributed by atoms with Crippen LogP contribution in [-0.4, -0.2) is 16.9 Å². The average molecular weight is 261 g/mol. The molecule has 0 bridgehead atoms. The van der Waals surface area contributed by atoms with Gasteiger partial charge in [-0.05, 0) is 36.8 Å². The maximum atomic E-state index is 12.2. The Morgan fingerprint density at radius 3 is 2.89 bits per heavy atom. The zero-order chi connectivity index (χ0) is 14.0. The van der Waals surface area contributed by atoms with Crippen molar-refractivity contribution in [3.63, 3.8) is 0 Å². The molecule has 1 aromatic rings. The molecule has 1 aromatic heterocycles. The van der Waals surface area contributed by atoms with Gasteiger partial charge in [-0.2, -0.15) is 0 Å². The molecular formula is C15H23N3O. The molecule has 1 fully saturated rings. The van der Waals surface area contributed by atoms with E-state index in [-0.39, 0.29) is 11.8 Å². The van der Waals surface area contributed by atoms with E-state index in [9.17, 15) is 4.79 Å². The van der Waals surface area contributed by atoms with E-state index in [1.54, 1.807) is 6.07 Å². The highest BCUT2D eigenvalue weighted by atomic mass is 16.1. The molecule has 2 unspecified atom stereocenters. The Labute approximate surface area is 114 Å². The summed E-state index contributed by atoms with van der Waals surface area (Å²) in [6, 6.07) is 3.84. The smallest absolute Gasteiger partial charge is 0.251 e. The lowest BCUT2D eigenvalue weighted by Crippen LogP contribution is -2.27. The molecule has 1 saturated carbocycles. The monoisotopic (exact) mass is 261 g/mol. The first-order chi connectivity index (χ1) is 9.01. The molecule has 0 saturated heterocycles. The second-order valence-corrected chi connectivity index (χ2v) is 5.72. The molecule has 2 rings (SSSR count). The van der Waals surface area contributed by atoms with Crippen LogP contribution in [0.4, 0.5) is 5.82 Å². The molecule has 4 heteroatoms. The highest BCUT2D eigenvalue weighted by molar-refractivity contribution is 5.95. The molecule has 0 radical (unpaired) electrons. The Morgan fingerprint density at radius 1 is 1.53 bits per heavy atom. The van der Waals surface area contributed by atoms with Gasteiger partial charge in [0.05, 0.1) is 0 Å². The zero-order valence-corrected chi connectivity index (χ0v) is 11.9. The van der Waals surface area contributed by atoms with E-state index in [2.05, 4.69) is 17.2 Å². The number of nitrogen functional groups attached to an aromatic ring is 1. The van der Waals surface area contributed by atoms with Gasteiger partial charge in [0, 0.05) is 17.3 Å². The number of pyridine rings is 1. The van der Waals surface area contributed by atoms with E-state index >= 15 is 0 Å². The number of anilines is 1. The van der Waals surface area contributed by atoms with Gasteiger partial charge in [0.15, 0.2) is 0 Å². The minimum Gasteiger partial charge on any atom is -0.384 e. The van der Waals surface area contributed by atoms with Crippen LogP contribution in [0.25, 0.3) is 0 Å². The molecule has 1 aliphatic carbocycles. The normalized spacial score (nSPS) is 21.5. The van der Waals surface area contributed by atoms with Crippen LogP contribution in [0.1, 0.15) is 62.0 Å². The highest BCUT2D eigenvalue weighted by Crippen LogP contribution is 2.34. The summed E-state index contributed by atoms with van der Waals surface area (Å²) in [5.74, 6) is 1.32. The molecule has 0 aliphatic heterocycles. The van der Waals surface area contributed by atoms with Crippen molar-refractivity contribution in [2.45, 2.75) is 52.0 Å². The Morgan fingerprint density at radius 2 is 2.26 bits per heavy atom. The molecule has 104 valence electrons. The van der Waals surface area contributed by atoms with E-state index in [0.29, 0.717) is 23.3 Å². The van der Waals surface area contributed by atoms with Crippen molar-refractivity contribution in [1.29, 1.82) is 0 Å². The van der Waals surface area contributed by atoms with Crippen LogP contribution >= 0.6 is 0 Å². The standard InChI is InChI=1S/C15H23N3O/c1-4-5-10-6-13(10)18-15(19)11-7-12(9(2)3)17-14(16)8-11/h7-10,13H,4-6H2,1-3H3,(H2,16,17)(H,18,19). The first kappa shape index (κ1) is 13.8. The fourth-order valence-corrected chi connectivity index (χ4v) is 2.37. The van der Waals surface area contributed by atoms with Crippen LogP contribution in [-0.2, 0) is 0 Å². The summed E-state index contributed by atoms with van der Waals surface area (Å²) < 4.78 is 0. The quantitative estimate of drug-likeness (QED) is 0.856. The molecule has 1 aliphatic rings. The summed E-state index contributed by atoms with van der Waals surface area (Å²) in [4.78, 5) is 16.4. The Bertz CT molecular complexity index is 470. The summed E-state index contributed by atoms with van der Waals surface area (Å²) in [6.07, 6.45) is 3.48. The van der Waals surface area contributed by atoms with Crippen molar-refractivity contribution in [2.75, 3.05) is 5.73 Å². The predicted octanol–water partition coefficient (Wildman–Crippen LogP) is 2.71. The molecule has 0 aromatic carbocycles. The highest BCUT2D eigenvalue weighted by Gasteiger charge is 2.37. The molecule has 1 amide bonds. The number of aromatic nitrogens is 1. The largest absolute Gasteiger partial charge is 0.384 e. The number of nitrogens with one attached hydrogen (secondary N) is 1. The fourth-order valence-electron chi connectivity index (χ4n) is 2.37. The number of nitrogens with zero attached hydrogens (tertiary/aromatic N) is 1. The molecule has 0 spiro atoms. The maximum Gasteiger partial charge on any atom is 0.251 e. The minimum absolute atomic E-state index is 0.0281. The number of amides is 1. The van der Waals surface area contributed by atoms with Crippen LogP contribution in [0.3, 0.4) is 0 Å². The number of rotatable bonds is 5. The van der Waals surface area contributed by atoms with E-state index < -0.39 is 0 Å². The van der Waals surface area contributed by atoms with Gasteiger partial charge in [-0.1, -0.05) is 27.2 Å². The van der Waals surface area contributed by atoms with Gasteiger partial charge >= 0.3 is 0 Å². The van der Waals surface area contributed by atoms with Gasteiger partial charge in [0.1, 0.15) is 5.82 Å². The SMILES string of the molecule is CCCC1CC1NC(=O)c1cc(N)nc(C(C)C)c1. The van der Waals surface area contributed by atoms with Crippen LogP contribution in [0, 0.1) is 5.92 Å². The molecular weight excluding hydrogens is 238 g/mol. The van der Waals surface area contributed by atoms with Gasteiger partial charge in [0.25, 0.3) is 5.91 Å².